The molecule has 0 radical (unpaired) electrons. The van der Waals surface area contributed by atoms with Gasteiger partial charge in [0.15, 0.2) is 10.6 Å². The molecular formula is C18H15N5O2S3. The van der Waals surface area contributed by atoms with E-state index in [1.54, 1.807) is 11.7 Å². The lowest BCUT2D eigenvalue weighted by molar-refractivity contribution is 0.0949. The molecule has 4 heterocycles. The minimum Gasteiger partial charge on any atom is -0.444 e. The SMILES string of the molecule is Cc1ncccc1Oc1sc(C(=O)NC2NN=CS2)c2c1-c1sncc1CC2. The van der Waals surface area contributed by atoms with Crippen LogP contribution in [0.15, 0.2) is 29.6 Å². The molecule has 0 spiro atoms. The number of amides is 1. The highest BCUT2D eigenvalue weighted by Gasteiger charge is 2.31. The van der Waals surface area contributed by atoms with Crippen molar-refractivity contribution in [2.75, 3.05) is 0 Å². The lowest BCUT2D eigenvalue weighted by Crippen LogP contribution is -2.38. The number of hydrazone groups is 1. The minimum absolute atomic E-state index is 0.123. The largest absolute Gasteiger partial charge is 0.444 e. The average Bonchev–Trinajstić information content (AvgIpc) is 3.42. The van der Waals surface area contributed by atoms with Crippen molar-refractivity contribution in [2.24, 2.45) is 5.10 Å². The highest BCUT2D eigenvalue weighted by atomic mass is 32.2. The molecule has 1 unspecified atom stereocenters. The van der Waals surface area contributed by atoms with E-state index < -0.39 is 0 Å². The van der Waals surface area contributed by atoms with Crippen LogP contribution in [0.5, 0.6) is 10.8 Å². The fourth-order valence-corrected chi connectivity index (χ4v) is 5.81. The number of thiophene rings is 1. The molecule has 5 rings (SSSR count). The summed E-state index contributed by atoms with van der Waals surface area (Å²) in [6.07, 6.45) is 5.31. The van der Waals surface area contributed by atoms with Crippen LogP contribution in [0.2, 0.25) is 0 Å². The van der Waals surface area contributed by atoms with E-state index in [1.165, 1.54) is 40.2 Å². The molecule has 2 N–H and O–H groups in total. The lowest BCUT2D eigenvalue weighted by atomic mass is 9.93. The van der Waals surface area contributed by atoms with E-state index in [1.807, 2.05) is 25.3 Å². The van der Waals surface area contributed by atoms with E-state index >= 15 is 0 Å². The number of thioether (sulfide) groups is 1. The van der Waals surface area contributed by atoms with Crippen LogP contribution in [-0.2, 0) is 12.8 Å². The van der Waals surface area contributed by atoms with Gasteiger partial charge in [0.05, 0.1) is 26.6 Å². The summed E-state index contributed by atoms with van der Waals surface area (Å²) in [5.41, 5.74) is 8.32. The Morgan fingerprint density at radius 3 is 3.14 bits per heavy atom. The van der Waals surface area contributed by atoms with Gasteiger partial charge in [-0.25, -0.2) is 4.37 Å². The van der Waals surface area contributed by atoms with Crippen LogP contribution in [0.1, 0.15) is 26.5 Å². The predicted molar refractivity (Wildman–Crippen MR) is 112 cm³/mol. The third-order valence-electron chi connectivity index (χ3n) is 4.56. The third kappa shape index (κ3) is 3.07. The number of carbonyl (C=O) groups is 1. The Balaban J connectivity index is 1.56. The summed E-state index contributed by atoms with van der Waals surface area (Å²) < 4.78 is 10.6. The highest BCUT2D eigenvalue weighted by Crippen LogP contribution is 2.50. The van der Waals surface area contributed by atoms with Crippen LogP contribution in [0.25, 0.3) is 10.4 Å². The van der Waals surface area contributed by atoms with Gasteiger partial charge in [0.25, 0.3) is 5.91 Å². The van der Waals surface area contributed by atoms with Gasteiger partial charge in [-0.15, -0.1) is 0 Å². The van der Waals surface area contributed by atoms with Gasteiger partial charge in [-0.2, -0.15) is 5.10 Å². The summed E-state index contributed by atoms with van der Waals surface area (Å²) in [7, 11) is 0. The normalized spacial score (nSPS) is 17.0. The first-order chi connectivity index (χ1) is 13.7. The molecule has 1 amide bonds. The average molecular weight is 430 g/mol. The first-order valence-corrected chi connectivity index (χ1v) is 11.2. The maximum absolute atomic E-state index is 13.0. The second kappa shape index (κ2) is 7.19. The van der Waals surface area contributed by atoms with Crippen molar-refractivity contribution in [2.45, 2.75) is 25.3 Å². The molecule has 0 saturated heterocycles. The zero-order valence-electron chi connectivity index (χ0n) is 14.8. The number of fused-ring (bicyclic) bond motifs is 3. The highest BCUT2D eigenvalue weighted by molar-refractivity contribution is 8.12. The van der Waals surface area contributed by atoms with Gasteiger partial charge < -0.3 is 10.1 Å². The Morgan fingerprint density at radius 1 is 1.39 bits per heavy atom. The summed E-state index contributed by atoms with van der Waals surface area (Å²) in [5.74, 6) is 0.569. The second-order valence-corrected chi connectivity index (χ2v) is 9.03. The van der Waals surface area contributed by atoms with E-state index in [2.05, 4.69) is 25.2 Å². The summed E-state index contributed by atoms with van der Waals surface area (Å²) >= 11 is 4.25. The van der Waals surface area contributed by atoms with E-state index in [4.69, 9.17) is 4.74 Å². The number of carbonyl (C=O) groups excluding carboxylic acids is 1. The molecule has 1 aliphatic heterocycles. The maximum atomic E-state index is 13.0. The number of nitrogens with one attached hydrogen (secondary N) is 2. The molecule has 10 heteroatoms. The van der Waals surface area contributed by atoms with Crippen LogP contribution in [0.3, 0.4) is 0 Å². The van der Waals surface area contributed by atoms with Crippen LogP contribution in [0.4, 0.5) is 0 Å². The molecule has 28 heavy (non-hydrogen) atoms. The summed E-state index contributed by atoms with van der Waals surface area (Å²) in [5, 5.41) is 7.61. The Hall–Kier alpha value is -2.43. The van der Waals surface area contributed by atoms with Crippen LogP contribution in [-0.4, -0.2) is 26.3 Å². The number of ether oxygens (including phenoxy) is 1. The van der Waals surface area contributed by atoms with Gasteiger partial charge in [0, 0.05) is 12.4 Å². The number of aromatic nitrogens is 2. The van der Waals surface area contributed by atoms with E-state index in [-0.39, 0.29) is 11.4 Å². The molecule has 0 aromatic carbocycles. The number of pyridine rings is 1. The maximum Gasteiger partial charge on any atom is 0.264 e. The number of rotatable bonds is 4. The number of hydrogen-bond donors (Lipinski definition) is 2. The fourth-order valence-electron chi connectivity index (χ4n) is 3.22. The molecule has 1 aliphatic carbocycles. The van der Waals surface area contributed by atoms with Crippen molar-refractivity contribution in [1.82, 2.24) is 20.1 Å². The van der Waals surface area contributed by atoms with E-state index in [0.29, 0.717) is 15.7 Å². The molecule has 1 atom stereocenters. The molecule has 142 valence electrons. The smallest absolute Gasteiger partial charge is 0.264 e. The van der Waals surface area contributed by atoms with Crippen molar-refractivity contribution in [3.63, 3.8) is 0 Å². The molecule has 7 nitrogen and oxygen atoms in total. The molecule has 3 aromatic rings. The van der Waals surface area contributed by atoms with Gasteiger partial charge in [0.1, 0.15) is 5.75 Å². The van der Waals surface area contributed by atoms with E-state index in [9.17, 15) is 4.79 Å². The zero-order chi connectivity index (χ0) is 19.1. The van der Waals surface area contributed by atoms with Gasteiger partial charge in [0.2, 0.25) is 0 Å². The van der Waals surface area contributed by atoms with Gasteiger partial charge >= 0.3 is 0 Å². The molecule has 2 aliphatic rings. The lowest BCUT2D eigenvalue weighted by Gasteiger charge is -2.15. The summed E-state index contributed by atoms with van der Waals surface area (Å²) in [6, 6.07) is 3.73. The Morgan fingerprint density at radius 2 is 2.32 bits per heavy atom. The fraction of sp³-hybridized carbons (Fsp3) is 0.222. The van der Waals surface area contributed by atoms with Crippen molar-refractivity contribution in [3.05, 3.63) is 46.2 Å². The molecule has 3 aromatic heterocycles. The standard InChI is InChI=1S/C18H15N5O2S3/c1-9-12(3-2-6-19-9)25-17-13-11(5-4-10-7-21-28-14(10)13)15(27-17)16(24)22-18-23-20-8-26-18/h2-3,6-8,18,23H,4-5H2,1H3,(H,22,24). The molecule has 0 fully saturated rings. The Labute approximate surface area is 173 Å². The van der Waals surface area contributed by atoms with E-state index in [0.717, 1.165) is 34.5 Å². The molecular weight excluding hydrogens is 414 g/mol. The van der Waals surface area contributed by atoms with Crippen LogP contribution < -0.4 is 15.5 Å². The zero-order valence-corrected chi connectivity index (χ0v) is 17.2. The number of nitrogens with zero attached hydrogens (tertiary/aromatic N) is 3. The van der Waals surface area contributed by atoms with Crippen molar-refractivity contribution >= 4 is 46.1 Å². The monoisotopic (exact) mass is 429 g/mol. The van der Waals surface area contributed by atoms with Gasteiger partial charge in [-0.3, -0.25) is 15.2 Å². The first kappa shape index (κ1) is 17.7. The van der Waals surface area contributed by atoms with Crippen LogP contribution in [0, 0.1) is 6.92 Å². The predicted octanol–water partition coefficient (Wildman–Crippen LogP) is 3.76. The number of aryl methyl sites for hydroxylation is 2. The van der Waals surface area contributed by atoms with Gasteiger partial charge in [-0.1, -0.05) is 23.1 Å². The Bertz CT molecular complexity index is 1080. The third-order valence-corrected chi connectivity index (χ3v) is 7.25. The van der Waals surface area contributed by atoms with Crippen LogP contribution >= 0.6 is 34.6 Å². The first-order valence-electron chi connectivity index (χ1n) is 8.63. The number of hydrogen-bond acceptors (Lipinski definition) is 9. The topological polar surface area (TPSA) is 88.5 Å². The Kier molecular flexibility index (Phi) is 4.53. The summed E-state index contributed by atoms with van der Waals surface area (Å²) in [6.45, 7) is 1.91. The summed E-state index contributed by atoms with van der Waals surface area (Å²) in [4.78, 5) is 19.0. The van der Waals surface area contributed by atoms with Crippen molar-refractivity contribution in [1.29, 1.82) is 0 Å². The minimum atomic E-state index is -0.252. The van der Waals surface area contributed by atoms with Gasteiger partial charge in [-0.05, 0) is 54.6 Å². The molecule has 0 bridgehead atoms. The van der Waals surface area contributed by atoms with Crippen molar-refractivity contribution < 1.29 is 9.53 Å². The quantitative estimate of drug-likeness (QED) is 0.657. The molecule has 0 saturated carbocycles. The second-order valence-electron chi connectivity index (χ2n) is 6.29. The van der Waals surface area contributed by atoms with Crippen molar-refractivity contribution in [3.8, 4) is 21.3 Å².